The lowest BCUT2D eigenvalue weighted by Gasteiger charge is -2.28. The Labute approximate surface area is 105 Å². The summed E-state index contributed by atoms with van der Waals surface area (Å²) in [7, 11) is 0. The van der Waals surface area contributed by atoms with Gasteiger partial charge in [0.2, 0.25) is 0 Å². The fraction of sp³-hybridized carbons (Fsp3) is 0.538. The van der Waals surface area contributed by atoms with E-state index in [2.05, 4.69) is 41.1 Å². The molecule has 1 fully saturated rings. The van der Waals surface area contributed by atoms with Crippen LogP contribution in [0.4, 0.5) is 0 Å². The molecule has 0 heterocycles. The van der Waals surface area contributed by atoms with Crippen molar-refractivity contribution in [3.63, 3.8) is 0 Å². The lowest BCUT2D eigenvalue weighted by atomic mass is 9.84. The van der Waals surface area contributed by atoms with E-state index in [1.54, 1.807) is 0 Å². The van der Waals surface area contributed by atoms with Crippen molar-refractivity contribution in [3.05, 3.63) is 34.3 Å². The van der Waals surface area contributed by atoms with Gasteiger partial charge >= 0.3 is 0 Å². The predicted octanol–water partition coefficient (Wildman–Crippen LogP) is 5.07. The van der Waals surface area contributed by atoms with Crippen molar-refractivity contribution in [2.24, 2.45) is 0 Å². The van der Waals surface area contributed by atoms with E-state index in [9.17, 15) is 0 Å². The van der Waals surface area contributed by atoms with Gasteiger partial charge in [0, 0.05) is 9.85 Å². The molecule has 1 aromatic rings. The van der Waals surface area contributed by atoms with Crippen LogP contribution >= 0.6 is 27.5 Å². The van der Waals surface area contributed by atoms with Crippen LogP contribution in [0, 0.1) is 6.92 Å². The van der Waals surface area contributed by atoms with Crippen molar-refractivity contribution >= 4 is 27.5 Å². The standard InChI is InChI=1S/C13H16BrCl/c1-9-6-7-10(8-13(9)15)11-4-2-3-5-12(11)14/h6-8,11-12H,2-5H2,1H3. The molecule has 0 spiro atoms. The smallest absolute Gasteiger partial charge is 0.0438 e. The van der Waals surface area contributed by atoms with E-state index in [1.807, 2.05) is 0 Å². The first-order valence-electron chi connectivity index (χ1n) is 5.58. The summed E-state index contributed by atoms with van der Waals surface area (Å²) in [5.41, 5.74) is 2.56. The molecule has 0 saturated heterocycles. The maximum Gasteiger partial charge on any atom is 0.0438 e. The maximum absolute atomic E-state index is 6.17. The largest absolute Gasteiger partial charge is 0.0884 e. The fourth-order valence-corrected chi connectivity index (χ4v) is 3.38. The van der Waals surface area contributed by atoms with E-state index >= 15 is 0 Å². The van der Waals surface area contributed by atoms with Gasteiger partial charge in [0.05, 0.1) is 0 Å². The maximum atomic E-state index is 6.17. The molecule has 15 heavy (non-hydrogen) atoms. The molecule has 0 amide bonds. The fourth-order valence-electron chi connectivity index (χ4n) is 2.30. The Morgan fingerprint density at radius 2 is 2.00 bits per heavy atom. The highest BCUT2D eigenvalue weighted by Crippen LogP contribution is 2.38. The first-order valence-corrected chi connectivity index (χ1v) is 6.88. The summed E-state index contributed by atoms with van der Waals surface area (Å²) in [6, 6.07) is 6.50. The third-order valence-corrected chi connectivity index (χ3v) is 4.81. The van der Waals surface area contributed by atoms with Gasteiger partial charge in [-0.25, -0.2) is 0 Å². The van der Waals surface area contributed by atoms with Crippen LogP contribution in [0.15, 0.2) is 18.2 Å². The summed E-state index contributed by atoms with van der Waals surface area (Å²) in [5.74, 6) is 0.650. The topological polar surface area (TPSA) is 0 Å². The molecule has 1 aromatic carbocycles. The summed E-state index contributed by atoms with van der Waals surface area (Å²) in [6.07, 6.45) is 5.27. The van der Waals surface area contributed by atoms with Gasteiger partial charge in [-0.05, 0) is 42.9 Å². The van der Waals surface area contributed by atoms with Gasteiger partial charge in [-0.3, -0.25) is 0 Å². The van der Waals surface area contributed by atoms with Crippen molar-refractivity contribution in [2.75, 3.05) is 0 Å². The molecule has 2 atom stereocenters. The molecule has 2 unspecified atom stereocenters. The second-order valence-electron chi connectivity index (χ2n) is 4.42. The minimum atomic E-state index is 0.630. The Morgan fingerprint density at radius 3 is 2.67 bits per heavy atom. The van der Waals surface area contributed by atoms with Crippen LogP contribution < -0.4 is 0 Å². The summed E-state index contributed by atoms with van der Waals surface area (Å²) in [6.45, 7) is 2.05. The third-order valence-electron chi connectivity index (χ3n) is 3.31. The van der Waals surface area contributed by atoms with Gasteiger partial charge in [-0.2, -0.15) is 0 Å². The van der Waals surface area contributed by atoms with Crippen molar-refractivity contribution < 1.29 is 0 Å². The SMILES string of the molecule is Cc1ccc(C2CCCCC2Br)cc1Cl. The van der Waals surface area contributed by atoms with Crippen molar-refractivity contribution in [3.8, 4) is 0 Å². The van der Waals surface area contributed by atoms with E-state index in [-0.39, 0.29) is 0 Å². The van der Waals surface area contributed by atoms with Gasteiger partial charge in [0.1, 0.15) is 0 Å². The van der Waals surface area contributed by atoms with E-state index < -0.39 is 0 Å². The molecule has 2 rings (SSSR count). The molecule has 0 aliphatic heterocycles. The van der Waals surface area contributed by atoms with E-state index in [4.69, 9.17) is 11.6 Å². The first kappa shape index (κ1) is 11.5. The Balaban J connectivity index is 2.24. The molecular weight excluding hydrogens is 272 g/mol. The minimum absolute atomic E-state index is 0.630. The summed E-state index contributed by atoms with van der Waals surface area (Å²) in [5, 5.41) is 0.901. The molecule has 2 heteroatoms. The molecule has 1 aliphatic carbocycles. The molecule has 0 radical (unpaired) electrons. The number of rotatable bonds is 1. The average molecular weight is 288 g/mol. The summed E-state index contributed by atoms with van der Waals surface area (Å²) >= 11 is 9.96. The number of halogens is 2. The number of benzene rings is 1. The van der Waals surface area contributed by atoms with E-state index in [0.29, 0.717) is 10.7 Å². The Kier molecular flexibility index (Phi) is 3.73. The molecule has 1 aliphatic rings. The Bertz CT molecular complexity index is 348. The van der Waals surface area contributed by atoms with Crippen LogP contribution in [-0.2, 0) is 0 Å². The Morgan fingerprint density at radius 1 is 1.27 bits per heavy atom. The highest BCUT2D eigenvalue weighted by molar-refractivity contribution is 9.09. The quantitative estimate of drug-likeness (QED) is 0.633. The molecule has 1 saturated carbocycles. The van der Waals surface area contributed by atoms with Crippen LogP contribution in [0.2, 0.25) is 5.02 Å². The molecule has 0 N–H and O–H groups in total. The zero-order chi connectivity index (χ0) is 10.8. The first-order chi connectivity index (χ1) is 7.18. The number of alkyl halides is 1. The highest BCUT2D eigenvalue weighted by Gasteiger charge is 2.24. The number of hydrogen-bond acceptors (Lipinski definition) is 0. The molecule has 0 nitrogen and oxygen atoms in total. The Hall–Kier alpha value is -0.0100. The van der Waals surface area contributed by atoms with Crippen LogP contribution in [0.5, 0.6) is 0 Å². The van der Waals surface area contributed by atoms with Crippen LogP contribution in [0.1, 0.15) is 42.7 Å². The van der Waals surface area contributed by atoms with Crippen molar-refractivity contribution in [1.29, 1.82) is 0 Å². The average Bonchev–Trinajstić information content (AvgIpc) is 2.23. The van der Waals surface area contributed by atoms with Crippen LogP contribution in [0.25, 0.3) is 0 Å². The zero-order valence-corrected chi connectivity index (χ0v) is 11.3. The van der Waals surface area contributed by atoms with Crippen molar-refractivity contribution in [2.45, 2.75) is 43.4 Å². The normalized spacial score (nSPS) is 26.6. The van der Waals surface area contributed by atoms with Gasteiger partial charge in [0.25, 0.3) is 0 Å². The van der Waals surface area contributed by atoms with Gasteiger partial charge in [-0.15, -0.1) is 0 Å². The number of hydrogen-bond donors (Lipinski definition) is 0. The second kappa shape index (κ2) is 4.88. The lowest BCUT2D eigenvalue weighted by Crippen LogP contribution is -2.17. The third kappa shape index (κ3) is 2.57. The molecule has 82 valence electrons. The van der Waals surface area contributed by atoms with E-state index in [0.717, 1.165) is 5.02 Å². The summed E-state index contributed by atoms with van der Waals surface area (Å²) in [4.78, 5) is 0.630. The molecular formula is C13H16BrCl. The number of aryl methyl sites for hydroxylation is 1. The highest BCUT2D eigenvalue weighted by atomic mass is 79.9. The predicted molar refractivity (Wildman–Crippen MR) is 70.1 cm³/mol. The lowest BCUT2D eigenvalue weighted by molar-refractivity contribution is 0.461. The van der Waals surface area contributed by atoms with E-state index in [1.165, 1.54) is 36.8 Å². The van der Waals surface area contributed by atoms with Gasteiger partial charge in [-0.1, -0.05) is 52.5 Å². The minimum Gasteiger partial charge on any atom is -0.0884 e. The van der Waals surface area contributed by atoms with Gasteiger partial charge in [0.15, 0.2) is 0 Å². The van der Waals surface area contributed by atoms with Crippen molar-refractivity contribution in [1.82, 2.24) is 0 Å². The summed E-state index contributed by atoms with van der Waals surface area (Å²) < 4.78 is 0. The van der Waals surface area contributed by atoms with Crippen LogP contribution in [-0.4, -0.2) is 4.83 Å². The zero-order valence-electron chi connectivity index (χ0n) is 8.97. The second-order valence-corrected chi connectivity index (χ2v) is 6.00. The molecule has 0 aromatic heterocycles. The van der Waals surface area contributed by atoms with Gasteiger partial charge < -0.3 is 0 Å². The monoisotopic (exact) mass is 286 g/mol. The molecule has 0 bridgehead atoms. The van der Waals surface area contributed by atoms with Crippen LogP contribution in [0.3, 0.4) is 0 Å².